The van der Waals surface area contributed by atoms with Gasteiger partial charge in [-0.15, -0.1) is 0 Å². The van der Waals surface area contributed by atoms with Crippen molar-refractivity contribution < 1.29 is 0 Å². The summed E-state index contributed by atoms with van der Waals surface area (Å²) in [6.45, 7) is 9.68. The fraction of sp³-hybridized carbons (Fsp3) is 0.125. The van der Waals surface area contributed by atoms with Gasteiger partial charge in [0.05, 0.1) is 0 Å². The van der Waals surface area contributed by atoms with Crippen LogP contribution in [0.15, 0.2) is 176 Å². The highest BCUT2D eigenvalue weighted by atomic mass is 15.1. The molecule has 0 N–H and O–H groups in total. The molecule has 0 amide bonds. The molecule has 0 spiro atoms. The first-order valence-electron chi connectivity index (χ1n) is 17.3. The number of benzene rings is 7. The Morgan fingerprint density at radius 3 is 1.43 bits per heavy atom. The van der Waals surface area contributed by atoms with Gasteiger partial charge in [0.15, 0.2) is 0 Å². The fourth-order valence-corrected chi connectivity index (χ4v) is 7.66. The molecule has 0 radical (unpaired) electrons. The van der Waals surface area contributed by atoms with Gasteiger partial charge < -0.3 is 4.90 Å². The lowest BCUT2D eigenvalue weighted by Gasteiger charge is -2.49. The van der Waals surface area contributed by atoms with Crippen molar-refractivity contribution in [1.29, 1.82) is 0 Å². The number of para-hydroxylation sites is 2. The highest BCUT2D eigenvalue weighted by Gasteiger charge is 2.46. The Balaban J connectivity index is 1.40. The van der Waals surface area contributed by atoms with Crippen LogP contribution in [0.3, 0.4) is 0 Å². The summed E-state index contributed by atoms with van der Waals surface area (Å²) in [5.41, 5.74) is 16.0. The fourth-order valence-electron chi connectivity index (χ4n) is 7.66. The van der Waals surface area contributed by atoms with Gasteiger partial charge in [-0.2, -0.15) is 0 Å². The molecule has 238 valence electrons. The van der Waals surface area contributed by atoms with Crippen LogP contribution in [0.4, 0.5) is 17.1 Å². The Morgan fingerprint density at radius 2 is 0.837 bits per heavy atom. The summed E-state index contributed by atoms with van der Waals surface area (Å²) in [7, 11) is 0. The molecule has 0 saturated heterocycles. The lowest BCUT2D eigenvalue weighted by Crippen LogP contribution is -2.43. The molecule has 7 aromatic carbocycles. The number of fused-ring (bicyclic) bond motifs is 3. The summed E-state index contributed by atoms with van der Waals surface area (Å²) in [6.07, 6.45) is 0. The zero-order valence-corrected chi connectivity index (χ0v) is 28.7. The van der Waals surface area contributed by atoms with Crippen LogP contribution in [-0.4, -0.2) is 0 Å². The normalized spacial score (nSPS) is 14.0. The predicted octanol–water partition coefficient (Wildman–Crippen LogP) is 13.4. The van der Waals surface area contributed by atoms with Gasteiger partial charge in [0.1, 0.15) is 0 Å². The maximum Gasteiger partial charge on any atom is 0.0473 e. The molecule has 0 aromatic heterocycles. The zero-order chi connectivity index (χ0) is 33.6. The smallest absolute Gasteiger partial charge is 0.0473 e. The van der Waals surface area contributed by atoms with E-state index in [2.05, 4.69) is 209 Å². The van der Waals surface area contributed by atoms with Crippen LogP contribution in [0, 0.1) is 0 Å². The molecule has 0 aliphatic heterocycles. The zero-order valence-electron chi connectivity index (χ0n) is 28.7. The molecule has 1 heteroatoms. The van der Waals surface area contributed by atoms with E-state index in [1.165, 1.54) is 55.6 Å². The quantitative estimate of drug-likeness (QED) is 0.176. The van der Waals surface area contributed by atoms with Crippen molar-refractivity contribution in [1.82, 2.24) is 0 Å². The summed E-state index contributed by atoms with van der Waals surface area (Å²) in [4.78, 5) is 2.37. The average molecular weight is 632 g/mol. The molecule has 1 aliphatic rings. The molecular weight excluding hydrogens is 591 g/mol. The van der Waals surface area contributed by atoms with E-state index in [1.807, 2.05) is 0 Å². The second kappa shape index (κ2) is 12.1. The summed E-state index contributed by atoms with van der Waals surface area (Å²) in [5.74, 6) is 0. The van der Waals surface area contributed by atoms with Crippen molar-refractivity contribution >= 4 is 17.1 Å². The van der Waals surface area contributed by atoms with E-state index >= 15 is 0 Å². The molecule has 0 atom stereocenters. The van der Waals surface area contributed by atoms with Crippen molar-refractivity contribution in [2.45, 2.75) is 38.5 Å². The summed E-state index contributed by atoms with van der Waals surface area (Å²) < 4.78 is 0. The molecule has 1 nitrogen and oxygen atoms in total. The molecule has 49 heavy (non-hydrogen) atoms. The van der Waals surface area contributed by atoms with Crippen molar-refractivity contribution in [2.75, 3.05) is 4.90 Å². The van der Waals surface area contributed by atoms with Gasteiger partial charge in [-0.05, 0) is 115 Å². The maximum atomic E-state index is 2.45. The predicted molar refractivity (Wildman–Crippen MR) is 209 cm³/mol. The molecule has 0 unspecified atom stereocenters. The number of hydrogen-bond acceptors (Lipinski definition) is 1. The third kappa shape index (κ3) is 5.27. The van der Waals surface area contributed by atoms with E-state index in [0.29, 0.717) is 0 Å². The number of rotatable bonds is 6. The number of anilines is 3. The van der Waals surface area contributed by atoms with Gasteiger partial charge in [-0.25, -0.2) is 0 Å². The van der Waals surface area contributed by atoms with Gasteiger partial charge >= 0.3 is 0 Å². The average Bonchev–Trinajstić information content (AvgIpc) is 3.15. The lowest BCUT2D eigenvalue weighted by molar-refractivity contribution is 0.299. The molecule has 0 heterocycles. The molecule has 0 bridgehead atoms. The van der Waals surface area contributed by atoms with Crippen molar-refractivity contribution in [3.63, 3.8) is 0 Å². The Morgan fingerprint density at radius 1 is 0.327 bits per heavy atom. The van der Waals surface area contributed by atoms with Crippen molar-refractivity contribution in [3.8, 4) is 44.5 Å². The highest BCUT2D eigenvalue weighted by Crippen LogP contribution is 2.57. The molecule has 0 saturated carbocycles. The number of hydrogen-bond donors (Lipinski definition) is 0. The second-order valence-corrected chi connectivity index (χ2v) is 14.2. The summed E-state index contributed by atoms with van der Waals surface area (Å²) in [5, 5.41) is 0. The van der Waals surface area contributed by atoms with Gasteiger partial charge in [0, 0.05) is 17.1 Å². The van der Waals surface area contributed by atoms with Gasteiger partial charge in [-0.3, -0.25) is 0 Å². The maximum absolute atomic E-state index is 2.45. The van der Waals surface area contributed by atoms with Crippen LogP contribution in [0.1, 0.15) is 38.8 Å². The largest absolute Gasteiger partial charge is 0.310 e. The van der Waals surface area contributed by atoms with E-state index in [9.17, 15) is 0 Å². The Labute approximate surface area is 291 Å². The Hall–Kier alpha value is -5.66. The van der Waals surface area contributed by atoms with Crippen LogP contribution in [-0.2, 0) is 10.8 Å². The van der Waals surface area contributed by atoms with E-state index in [4.69, 9.17) is 0 Å². The van der Waals surface area contributed by atoms with Crippen molar-refractivity contribution in [2.24, 2.45) is 0 Å². The van der Waals surface area contributed by atoms with E-state index < -0.39 is 0 Å². The summed E-state index contributed by atoms with van der Waals surface area (Å²) >= 11 is 0. The first kappa shape index (κ1) is 30.7. The molecule has 7 aromatic rings. The lowest BCUT2D eigenvalue weighted by atomic mass is 9.54. The molecule has 0 fully saturated rings. The minimum Gasteiger partial charge on any atom is -0.310 e. The number of nitrogens with zero attached hydrogens (tertiary/aromatic N) is 1. The Kier molecular flexibility index (Phi) is 7.57. The first-order chi connectivity index (χ1) is 23.8. The monoisotopic (exact) mass is 631 g/mol. The molecule has 1 aliphatic carbocycles. The standard InChI is InChI=1S/C48H41N/c1-47(2)44-27-17-26-42(46(44)43-29-28-36(33-45(43)48(47,3)4)34-18-9-5-10-19-34)38-30-37(35-20-11-6-12-21-35)31-41(32-38)49(39-22-13-7-14-23-39)40-24-15-8-16-25-40/h5-33H,1-4H3. The SMILES string of the molecule is CC1(C)c2cc(-c3ccccc3)ccc2-c2c(-c3cc(-c4ccccc4)cc(N(c4ccccc4)c4ccccc4)c3)cccc2C1(C)C. The highest BCUT2D eigenvalue weighted by molar-refractivity contribution is 5.94. The summed E-state index contributed by atoms with van der Waals surface area (Å²) in [6, 6.07) is 64.1. The second-order valence-electron chi connectivity index (χ2n) is 14.2. The van der Waals surface area contributed by atoms with Crippen LogP contribution < -0.4 is 4.90 Å². The molecule has 8 rings (SSSR count). The third-order valence-electron chi connectivity index (χ3n) is 11.0. The van der Waals surface area contributed by atoms with E-state index in [1.54, 1.807) is 0 Å². The van der Waals surface area contributed by atoms with Gasteiger partial charge in [-0.1, -0.05) is 155 Å². The minimum absolute atomic E-state index is 0.0901. The molecular formula is C48H41N. The van der Waals surface area contributed by atoms with Crippen LogP contribution in [0.5, 0.6) is 0 Å². The van der Waals surface area contributed by atoms with Crippen LogP contribution >= 0.6 is 0 Å². The topological polar surface area (TPSA) is 3.24 Å². The van der Waals surface area contributed by atoms with Crippen LogP contribution in [0.2, 0.25) is 0 Å². The van der Waals surface area contributed by atoms with Crippen molar-refractivity contribution in [3.05, 3.63) is 187 Å². The van der Waals surface area contributed by atoms with E-state index in [-0.39, 0.29) is 10.8 Å². The first-order valence-corrected chi connectivity index (χ1v) is 17.3. The van der Waals surface area contributed by atoms with Gasteiger partial charge in [0.25, 0.3) is 0 Å². The van der Waals surface area contributed by atoms with Gasteiger partial charge in [0.2, 0.25) is 0 Å². The van der Waals surface area contributed by atoms with E-state index in [0.717, 1.165) is 17.1 Å². The third-order valence-corrected chi connectivity index (χ3v) is 11.0. The Bertz CT molecular complexity index is 2210. The van der Waals surface area contributed by atoms with Crippen LogP contribution in [0.25, 0.3) is 44.5 Å². The minimum atomic E-state index is -0.110.